The van der Waals surface area contributed by atoms with E-state index in [1.807, 2.05) is 13.8 Å². The van der Waals surface area contributed by atoms with Crippen LogP contribution in [-0.4, -0.2) is 18.6 Å². The number of alkyl halides is 6. The zero-order valence-corrected chi connectivity index (χ0v) is 15.8. The lowest BCUT2D eigenvalue weighted by atomic mass is 9.91. The second-order valence-corrected chi connectivity index (χ2v) is 7.79. The van der Waals surface area contributed by atoms with E-state index >= 15 is 0 Å². The van der Waals surface area contributed by atoms with E-state index < -0.39 is 41.0 Å². The minimum Gasteiger partial charge on any atom is -0.362 e. The summed E-state index contributed by atoms with van der Waals surface area (Å²) >= 11 is 0. The van der Waals surface area contributed by atoms with E-state index in [1.54, 1.807) is 6.20 Å². The topological polar surface area (TPSA) is 53.2 Å². The first-order valence-electron chi connectivity index (χ1n) is 9.12. The maximum atomic E-state index is 13.1. The van der Waals surface area contributed by atoms with Gasteiger partial charge in [0.15, 0.2) is 6.17 Å². The lowest BCUT2D eigenvalue weighted by molar-refractivity contribution is -0.143. The molecular weight excluding hydrogens is 400 g/mol. The van der Waals surface area contributed by atoms with E-state index in [2.05, 4.69) is 16.0 Å². The highest BCUT2D eigenvalue weighted by atomic mass is 19.4. The van der Waals surface area contributed by atoms with Crippen molar-refractivity contribution in [2.75, 3.05) is 6.54 Å². The van der Waals surface area contributed by atoms with Crippen LogP contribution in [-0.2, 0) is 22.6 Å². The SMILES string of the molecule is CC(C)C1=CNC(C(=O)NCC2(c3cc(C(F)(F)F)cc(C(F)(F)F)c3)CC2)N1. The summed E-state index contributed by atoms with van der Waals surface area (Å²) in [5, 5.41) is 8.49. The van der Waals surface area contributed by atoms with Gasteiger partial charge in [-0.15, -0.1) is 0 Å². The summed E-state index contributed by atoms with van der Waals surface area (Å²) in [6.45, 7) is 3.83. The highest BCUT2D eigenvalue weighted by Gasteiger charge is 2.47. The van der Waals surface area contributed by atoms with Gasteiger partial charge in [0, 0.05) is 23.9 Å². The zero-order chi connectivity index (χ0) is 21.6. The molecule has 0 radical (unpaired) electrons. The molecule has 1 aromatic carbocycles. The largest absolute Gasteiger partial charge is 0.416 e. The first-order chi connectivity index (χ1) is 13.3. The Labute approximate surface area is 163 Å². The van der Waals surface area contributed by atoms with Gasteiger partial charge >= 0.3 is 12.4 Å². The Bertz CT molecular complexity index is 792. The first kappa shape index (κ1) is 21.3. The summed E-state index contributed by atoms with van der Waals surface area (Å²) in [5.41, 5.74) is -2.84. The molecule has 1 amide bonds. The van der Waals surface area contributed by atoms with Gasteiger partial charge in [0.05, 0.1) is 11.1 Å². The molecule has 29 heavy (non-hydrogen) atoms. The molecule has 4 nitrogen and oxygen atoms in total. The van der Waals surface area contributed by atoms with Crippen molar-refractivity contribution in [3.05, 3.63) is 46.8 Å². The standard InChI is InChI=1S/C19H21F6N3O/c1-10(2)14-8-26-15(28-14)16(29)27-9-17(3-4-17)11-5-12(18(20,21)22)7-13(6-11)19(23,24)25/h5-8,10,15,26,28H,3-4,9H2,1-2H3,(H,27,29). The molecule has 0 bridgehead atoms. The van der Waals surface area contributed by atoms with Crippen LogP contribution in [0.2, 0.25) is 0 Å². The molecule has 160 valence electrons. The summed E-state index contributed by atoms with van der Waals surface area (Å²) in [6.07, 6.45) is -8.06. The van der Waals surface area contributed by atoms with E-state index in [0.29, 0.717) is 12.8 Å². The average molecular weight is 421 g/mol. The van der Waals surface area contributed by atoms with Crippen molar-refractivity contribution in [2.45, 2.75) is 50.6 Å². The molecule has 1 atom stereocenters. The summed E-state index contributed by atoms with van der Waals surface area (Å²) < 4.78 is 78.6. The number of hydrogen-bond acceptors (Lipinski definition) is 3. The zero-order valence-electron chi connectivity index (χ0n) is 15.8. The Morgan fingerprint density at radius 2 is 1.66 bits per heavy atom. The number of nitrogens with one attached hydrogen (secondary N) is 3. The fourth-order valence-corrected chi connectivity index (χ4v) is 3.24. The molecule has 1 aliphatic carbocycles. The van der Waals surface area contributed by atoms with Gasteiger partial charge in [0.2, 0.25) is 0 Å². The quantitative estimate of drug-likeness (QED) is 0.633. The van der Waals surface area contributed by atoms with Gasteiger partial charge in [0.25, 0.3) is 5.91 Å². The maximum Gasteiger partial charge on any atom is 0.416 e. The predicted octanol–water partition coefficient (Wildman–Crippen LogP) is 3.89. The lowest BCUT2D eigenvalue weighted by Crippen LogP contribution is -2.49. The number of carbonyl (C=O) groups is 1. The van der Waals surface area contributed by atoms with Gasteiger partial charge in [-0.2, -0.15) is 26.3 Å². The van der Waals surface area contributed by atoms with Crippen LogP contribution in [0.25, 0.3) is 0 Å². The van der Waals surface area contributed by atoms with Crippen molar-refractivity contribution in [1.82, 2.24) is 16.0 Å². The fraction of sp³-hybridized carbons (Fsp3) is 0.526. The van der Waals surface area contributed by atoms with Crippen molar-refractivity contribution in [1.29, 1.82) is 0 Å². The van der Waals surface area contributed by atoms with E-state index in [0.717, 1.165) is 17.8 Å². The van der Waals surface area contributed by atoms with Crippen molar-refractivity contribution in [3.8, 4) is 0 Å². The molecule has 1 saturated carbocycles. The van der Waals surface area contributed by atoms with E-state index in [4.69, 9.17) is 0 Å². The van der Waals surface area contributed by atoms with Crippen molar-refractivity contribution in [3.63, 3.8) is 0 Å². The molecule has 3 rings (SSSR count). The van der Waals surface area contributed by atoms with Crippen LogP contribution in [0.1, 0.15) is 43.4 Å². The second kappa shape index (κ2) is 7.14. The lowest BCUT2D eigenvalue weighted by Gasteiger charge is -2.22. The molecule has 1 aliphatic heterocycles. The molecule has 2 aliphatic rings. The molecule has 3 N–H and O–H groups in total. The van der Waals surface area contributed by atoms with E-state index in [-0.39, 0.29) is 24.1 Å². The molecule has 1 aromatic rings. The fourth-order valence-electron chi connectivity index (χ4n) is 3.24. The number of carbonyl (C=O) groups excluding carboxylic acids is 1. The smallest absolute Gasteiger partial charge is 0.362 e. The number of halogens is 6. The van der Waals surface area contributed by atoms with E-state index in [1.165, 1.54) is 0 Å². The third-order valence-corrected chi connectivity index (χ3v) is 5.26. The highest BCUT2D eigenvalue weighted by molar-refractivity contribution is 5.82. The number of benzene rings is 1. The van der Waals surface area contributed by atoms with Crippen LogP contribution in [0.3, 0.4) is 0 Å². The highest BCUT2D eigenvalue weighted by Crippen LogP contribution is 2.50. The van der Waals surface area contributed by atoms with Crippen LogP contribution >= 0.6 is 0 Å². The summed E-state index contributed by atoms with van der Waals surface area (Å²) in [7, 11) is 0. The Morgan fingerprint density at radius 1 is 1.10 bits per heavy atom. The van der Waals surface area contributed by atoms with Crippen molar-refractivity contribution >= 4 is 5.91 Å². The Kier molecular flexibility index (Phi) is 5.25. The normalized spacial score (nSPS) is 20.7. The van der Waals surface area contributed by atoms with Gasteiger partial charge in [-0.1, -0.05) is 13.8 Å². The molecule has 1 heterocycles. The van der Waals surface area contributed by atoms with Crippen molar-refractivity contribution in [2.24, 2.45) is 5.92 Å². The average Bonchev–Trinajstić information content (AvgIpc) is 3.24. The van der Waals surface area contributed by atoms with Crippen LogP contribution in [0.5, 0.6) is 0 Å². The van der Waals surface area contributed by atoms with Gasteiger partial charge in [-0.3, -0.25) is 4.79 Å². The Balaban J connectivity index is 1.76. The van der Waals surface area contributed by atoms with Gasteiger partial charge in [-0.25, -0.2) is 0 Å². The van der Waals surface area contributed by atoms with Crippen molar-refractivity contribution < 1.29 is 31.1 Å². The van der Waals surface area contributed by atoms with Gasteiger partial charge in [0.1, 0.15) is 0 Å². The molecule has 0 saturated heterocycles. The predicted molar refractivity (Wildman–Crippen MR) is 93.3 cm³/mol. The molecule has 1 fully saturated rings. The van der Waals surface area contributed by atoms with Crippen LogP contribution in [0.15, 0.2) is 30.1 Å². The van der Waals surface area contributed by atoms with Gasteiger partial charge < -0.3 is 16.0 Å². The van der Waals surface area contributed by atoms with E-state index in [9.17, 15) is 31.1 Å². The third-order valence-electron chi connectivity index (χ3n) is 5.26. The molecule has 10 heteroatoms. The molecular formula is C19H21F6N3O. The summed E-state index contributed by atoms with van der Waals surface area (Å²) in [4.78, 5) is 12.3. The Hall–Kier alpha value is -2.39. The number of rotatable bonds is 5. The van der Waals surface area contributed by atoms with Gasteiger partial charge in [-0.05, 0) is 42.5 Å². The number of amides is 1. The third kappa shape index (κ3) is 4.62. The molecule has 0 aromatic heterocycles. The minimum absolute atomic E-state index is 0.0404. The monoisotopic (exact) mass is 421 g/mol. The number of hydrogen-bond donors (Lipinski definition) is 3. The second-order valence-electron chi connectivity index (χ2n) is 7.79. The first-order valence-corrected chi connectivity index (χ1v) is 9.12. The molecule has 0 spiro atoms. The minimum atomic E-state index is -4.90. The number of allylic oxidation sites excluding steroid dienone is 1. The summed E-state index contributed by atoms with van der Waals surface area (Å²) in [6, 6.07) is 1.61. The molecule has 1 unspecified atom stereocenters. The van der Waals surface area contributed by atoms with Crippen LogP contribution < -0.4 is 16.0 Å². The van der Waals surface area contributed by atoms with Crippen LogP contribution in [0, 0.1) is 5.92 Å². The van der Waals surface area contributed by atoms with Crippen LogP contribution in [0.4, 0.5) is 26.3 Å². The maximum absolute atomic E-state index is 13.1. The Morgan fingerprint density at radius 3 is 2.07 bits per heavy atom. The summed E-state index contributed by atoms with van der Waals surface area (Å²) in [5.74, 6) is -0.257.